The molecule has 0 unspecified atom stereocenters. The number of hydrogen-bond acceptors (Lipinski definition) is 2. The number of ketones is 1. The van der Waals surface area contributed by atoms with E-state index in [1.807, 2.05) is 30.3 Å². The van der Waals surface area contributed by atoms with Crippen molar-refractivity contribution in [2.75, 3.05) is 0 Å². The number of nitrogens with zero attached hydrogens (tertiary/aromatic N) is 1. The second kappa shape index (κ2) is 2.16. The van der Waals surface area contributed by atoms with E-state index in [0.717, 1.165) is 21.8 Å². The predicted octanol–water partition coefficient (Wildman–Crippen LogP) is 0.327. The molecule has 1 aliphatic heterocycles. The molecule has 0 spiro atoms. The van der Waals surface area contributed by atoms with Crippen molar-refractivity contribution in [3.05, 3.63) is 46.6 Å². The minimum Gasteiger partial charge on any atom is -0.294 e. The van der Waals surface area contributed by atoms with Crippen molar-refractivity contribution in [1.82, 2.24) is 0 Å². The van der Waals surface area contributed by atoms with Gasteiger partial charge in [0, 0.05) is 11.6 Å². The molecule has 1 aliphatic carbocycles. The molecular weight excluding hydrogens is 162 g/mol. The summed E-state index contributed by atoms with van der Waals surface area (Å²) in [5, 5.41) is 1.92. The first-order chi connectivity index (χ1) is 6.36. The number of hydrogen-bond donors (Lipinski definition) is 0. The summed E-state index contributed by atoms with van der Waals surface area (Å²) in [5.74, 6) is 0.198. The van der Waals surface area contributed by atoms with Crippen molar-refractivity contribution < 1.29 is 4.79 Å². The number of para-hydroxylation sites is 1. The minimum absolute atomic E-state index is 0.198. The van der Waals surface area contributed by atoms with Crippen molar-refractivity contribution in [1.29, 1.82) is 0 Å². The van der Waals surface area contributed by atoms with Crippen LogP contribution < -0.4 is 10.6 Å². The summed E-state index contributed by atoms with van der Waals surface area (Å²) >= 11 is 0. The monoisotopic (exact) mass is 169 g/mol. The number of fused-ring (bicyclic) bond motifs is 2. The number of allylic oxidation sites excluding steroid dienone is 2. The summed E-state index contributed by atoms with van der Waals surface area (Å²) in [5.41, 5.74) is 1.68. The smallest absolute Gasteiger partial charge is 0.169 e. The van der Waals surface area contributed by atoms with Gasteiger partial charge in [-0.15, -0.1) is 0 Å². The molecule has 0 fully saturated rings. The third kappa shape index (κ3) is 0.773. The van der Waals surface area contributed by atoms with Gasteiger partial charge in [-0.2, -0.15) is 0 Å². The van der Waals surface area contributed by atoms with Crippen molar-refractivity contribution in [2.24, 2.45) is 4.99 Å². The van der Waals surface area contributed by atoms with E-state index in [1.54, 1.807) is 0 Å². The van der Waals surface area contributed by atoms with Crippen molar-refractivity contribution in [3.63, 3.8) is 0 Å². The summed E-state index contributed by atoms with van der Waals surface area (Å²) in [6.07, 6.45) is 2.42. The van der Waals surface area contributed by atoms with E-state index in [0.29, 0.717) is 6.42 Å². The molecule has 62 valence electrons. The third-order valence-corrected chi connectivity index (χ3v) is 2.43. The largest absolute Gasteiger partial charge is 0.294 e. The van der Waals surface area contributed by atoms with Gasteiger partial charge in [0.05, 0.1) is 16.6 Å². The Labute approximate surface area is 74.9 Å². The first kappa shape index (κ1) is 6.78. The van der Waals surface area contributed by atoms with Crippen LogP contribution in [-0.2, 0) is 4.79 Å². The molecule has 2 nitrogen and oxygen atoms in total. The minimum atomic E-state index is 0.198. The van der Waals surface area contributed by atoms with Crippen LogP contribution in [0.1, 0.15) is 6.42 Å². The highest BCUT2D eigenvalue weighted by atomic mass is 16.1. The lowest BCUT2D eigenvalue weighted by atomic mass is 10.1. The van der Waals surface area contributed by atoms with Crippen LogP contribution in [0.3, 0.4) is 0 Å². The van der Waals surface area contributed by atoms with Gasteiger partial charge < -0.3 is 0 Å². The third-order valence-electron chi connectivity index (χ3n) is 2.43. The number of benzene rings is 1. The molecule has 0 amide bonds. The Bertz CT molecular complexity index is 552. The molecule has 13 heavy (non-hydrogen) atoms. The van der Waals surface area contributed by atoms with Crippen LogP contribution in [0.2, 0.25) is 0 Å². The lowest BCUT2D eigenvalue weighted by Crippen LogP contribution is -2.23. The van der Waals surface area contributed by atoms with Gasteiger partial charge in [0.15, 0.2) is 5.78 Å². The fourth-order valence-electron chi connectivity index (χ4n) is 1.84. The number of Topliss-reactive ketones (excluding diaryl/α,β-unsaturated/α-hetero) is 1. The molecule has 1 heterocycles. The van der Waals surface area contributed by atoms with E-state index >= 15 is 0 Å². The molecule has 2 heteroatoms. The average molecular weight is 169 g/mol. The second-order valence-electron chi connectivity index (χ2n) is 3.22. The lowest BCUT2D eigenvalue weighted by molar-refractivity contribution is -0.112. The van der Waals surface area contributed by atoms with E-state index in [9.17, 15) is 4.79 Å². The standard InChI is InChI=1S/C11H7NO/c13-10-6-5-9-11(10)7-3-1-2-4-8(7)12-9/h1-5H,6H2. The molecule has 0 atom stereocenters. The molecule has 0 saturated heterocycles. The maximum absolute atomic E-state index is 11.5. The highest BCUT2D eigenvalue weighted by molar-refractivity contribution is 6.23. The van der Waals surface area contributed by atoms with Crippen LogP contribution >= 0.6 is 0 Å². The number of rotatable bonds is 0. The molecule has 1 aromatic rings. The highest BCUT2D eigenvalue weighted by Gasteiger charge is 2.23. The van der Waals surface area contributed by atoms with Crippen molar-refractivity contribution in [2.45, 2.75) is 6.42 Å². The zero-order valence-electron chi connectivity index (χ0n) is 6.95. The van der Waals surface area contributed by atoms with Gasteiger partial charge in [-0.1, -0.05) is 24.3 Å². The zero-order chi connectivity index (χ0) is 8.84. The lowest BCUT2D eigenvalue weighted by Gasteiger charge is -1.89. The van der Waals surface area contributed by atoms with Gasteiger partial charge in [0.2, 0.25) is 0 Å². The van der Waals surface area contributed by atoms with E-state index in [4.69, 9.17) is 0 Å². The van der Waals surface area contributed by atoms with Crippen LogP contribution in [-0.4, -0.2) is 5.78 Å². The summed E-state index contributed by atoms with van der Waals surface area (Å²) in [6.45, 7) is 0. The Morgan fingerprint density at radius 1 is 1.23 bits per heavy atom. The topological polar surface area (TPSA) is 29.4 Å². The second-order valence-corrected chi connectivity index (χ2v) is 3.22. The summed E-state index contributed by atoms with van der Waals surface area (Å²) in [7, 11) is 0. The first-order valence-electron chi connectivity index (χ1n) is 4.28. The Morgan fingerprint density at radius 3 is 3.00 bits per heavy atom. The zero-order valence-corrected chi connectivity index (χ0v) is 6.95. The van der Waals surface area contributed by atoms with Crippen molar-refractivity contribution in [3.8, 4) is 0 Å². The van der Waals surface area contributed by atoms with Crippen LogP contribution in [0, 0.1) is 0 Å². The fraction of sp³-hybridized carbons (Fsp3) is 0.0909. The van der Waals surface area contributed by atoms with E-state index < -0.39 is 0 Å². The SMILES string of the molecule is O=C1CC=C2N=c3ccccc3=C12. The normalized spacial score (nSPS) is 18.0. The molecule has 0 aromatic heterocycles. The Hall–Kier alpha value is -1.70. The average Bonchev–Trinajstić information content (AvgIpc) is 2.66. The molecule has 2 aliphatic rings. The van der Waals surface area contributed by atoms with E-state index in [-0.39, 0.29) is 5.78 Å². The summed E-state index contributed by atoms with van der Waals surface area (Å²) < 4.78 is 0. The van der Waals surface area contributed by atoms with E-state index in [2.05, 4.69) is 4.99 Å². The highest BCUT2D eigenvalue weighted by Crippen LogP contribution is 2.23. The Balaban J connectivity index is 2.54. The quantitative estimate of drug-likeness (QED) is 0.550. The van der Waals surface area contributed by atoms with Crippen LogP contribution in [0.15, 0.2) is 41.0 Å². The van der Waals surface area contributed by atoms with Crippen LogP contribution in [0.4, 0.5) is 0 Å². The molecule has 3 rings (SSSR count). The van der Waals surface area contributed by atoms with Crippen molar-refractivity contribution >= 4 is 11.4 Å². The molecule has 1 aromatic carbocycles. The molecule has 0 saturated carbocycles. The van der Waals surface area contributed by atoms with Gasteiger partial charge in [-0.05, 0) is 6.07 Å². The molecule has 0 N–H and O–H groups in total. The maximum atomic E-state index is 11.5. The fourth-order valence-corrected chi connectivity index (χ4v) is 1.84. The van der Waals surface area contributed by atoms with Crippen LogP contribution in [0.5, 0.6) is 0 Å². The van der Waals surface area contributed by atoms with Gasteiger partial charge >= 0.3 is 0 Å². The first-order valence-corrected chi connectivity index (χ1v) is 4.28. The predicted molar refractivity (Wildman–Crippen MR) is 48.3 cm³/mol. The van der Waals surface area contributed by atoms with Gasteiger partial charge in [-0.25, -0.2) is 4.99 Å². The Kier molecular flexibility index (Phi) is 1.13. The number of carbonyl (C=O) groups excluding carboxylic acids is 1. The molecule has 0 radical (unpaired) electrons. The van der Waals surface area contributed by atoms with Gasteiger partial charge in [0.25, 0.3) is 0 Å². The molecule has 0 bridgehead atoms. The maximum Gasteiger partial charge on any atom is 0.169 e. The Morgan fingerprint density at radius 2 is 2.08 bits per heavy atom. The van der Waals surface area contributed by atoms with Crippen LogP contribution in [0.25, 0.3) is 5.57 Å². The molecular formula is C11H7NO. The summed E-state index contributed by atoms with van der Waals surface area (Å²) in [4.78, 5) is 15.8. The number of carbonyl (C=O) groups is 1. The summed E-state index contributed by atoms with van der Waals surface area (Å²) in [6, 6.07) is 7.78. The van der Waals surface area contributed by atoms with Gasteiger partial charge in [-0.3, -0.25) is 4.79 Å². The van der Waals surface area contributed by atoms with Gasteiger partial charge in [0.1, 0.15) is 0 Å². The van der Waals surface area contributed by atoms with E-state index in [1.165, 1.54) is 0 Å².